The van der Waals surface area contributed by atoms with Gasteiger partial charge in [-0.15, -0.1) is 0 Å². The van der Waals surface area contributed by atoms with Crippen LogP contribution in [0.1, 0.15) is 18.5 Å². The molecule has 0 aliphatic rings. The van der Waals surface area contributed by atoms with Crippen molar-refractivity contribution in [3.8, 4) is 17.2 Å². The molecule has 0 aliphatic heterocycles. The van der Waals surface area contributed by atoms with Gasteiger partial charge in [-0.1, -0.05) is 6.07 Å². The molecule has 174 valence electrons. The Kier molecular flexibility index (Phi) is 7.07. The van der Waals surface area contributed by atoms with E-state index in [1.54, 1.807) is 49.4 Å². The van der Waals surface area contributed by atoms with Gasteiger partial charge >= 0.3 is 0 Å². The van der Waals surface area contributed by atoms with Gasteiger partial charge in [0.1, 0.15) is 5.75 Å². The Balaban J connectivity index is 2.14. The molecule has 1 atom stereocenters. The molecule has 0 saturated heterocycles. The number of ether oxygens (including phenoxy) is 3. The lowest BCUT2D eigenvalue weighted by Crippen LogP contribution is -2.33. The first kappa shape index (κ1) is 23.9. The quantitative estimate of drug-likeness (QED) is 0.331. The molecule has 0 aliphatic carbocycles. The van der Waals surface area contributed by atoms with Crippen molar-refractivity contribution >= 4 is 21.4 Å². The topological polar surface area (TPSA) is 108 Å². The zero-order chi connectivity index (χ0) is 24.2. The summed E-state index contributed by atoms with van der Waals surface area (Å²) in [6.45, 7) is 1.74. The first-order valence-corrected chi connectivity index (χ1v) is 11.3. The predicted octanol–water partition coefficient (Wildman–Crippen LogP) is 4.58. The molecule has 33 heavy (non-hydrogen) atoms. The Morgan fingerprint density at radius 3 is 1.97 bits per heavy atom. The molecule has 0 bridgehead atoms. The summed E-state index contributed by atoms with van der Waals surface area (Å²) in [7, 11) is 0.438. The monoisotopic (exact) mass is 472 g/mol. The first-order chi connectivity index (χ1) is 15.7. The summed E-state index contributed by atoms with van der Waals surface area (Å²) in [6, 6.07) is 15.9. The van der Waals surface area contributed by atoms with Crippen LogP contribution in [0.5, 0.6) is 17.2 Å². The molecule has 0 unspecified atom stereocenters. The lowest BCUT2D eigenvalue weighted by Gasteiger charge is -2.31. The van der Waals surface area contributed by atoms with E-state index in [1.165, 1.54) is 49.9 Å². The Hall–Kier alpha value is -3.79. The van der Waals surface area contributed by atoms with Crippen LogP contribution in [0.4, 0.5) is 11.4 Å². The van der Waals surface area contributed by atoms with Crippen molar-refractivity contribution in [3.05, 3.63) is 82.4 Å². The maximum absolute atomic E-state index is 13.7. The third-order valence-corrected chi connectivity index (χ3v) is 7.09. The summed E-state index contributed by atoms with van der Waals surface area (Å²) in [6.07, 6.45) is 0. The van der Waals surface area contributed by atoms with Crippen molar-refractivity contribution in [1.29, 1.82) is 0 Å². The lowest BCUT2D eigenvalue weighted by molar-refractivity contribution is -0.384. The highest BCUT2D eigenvalue weighted by atomic mass is 32.2. The normalized spacial score (nSPS) is 12.0. The summed E-state index contributed by atoms with van der Waals surface area (Å²) in [4.78, 5) is 10.3. The van der Waals surface area contributed by atoms with Gasteiger partial charge in [0.25, 0.3) is 15.7 Å². The van der Waals surface area contributed by atoms with Gasteiger partial charge in [-0.05, 0) is 61.0 Å². The maximum atomic E-state index is 13.7. The van der Waals surface area contributed by atoms with E-state index >= 15 is 0 Å². The summed E-state index contributed by atoms with van der Waals surface area (Å²) in [5.74, 6) is 1.55. The van der Waals surface area contributed by atoms with Gasteiger partial charge < -0.3 is 14.2 Å². The molecule has 0 fully saturated rings. The highest BCUT2D eigenvalue weighted by Gasteiger charge is 2.31. The second-order valence-electron chi connectivity index (χ2n) is 7.04. The van der Waals surface area contributed by atoms with Crippen LogP contribution in [-0.2, 0) is 10.0 Å². The van der Waals surface area contributed by atoms with Crippen LogP contribution in [0.15, 0.2) is 71.6 Å². The van der Waals surface area contributed by atoms with Crippen molar-refractivity contribution in [1.82, 2.24) is 0 Å². The minimum atomic E-state index is -4.10. The second kappa shape index (κ2) is 9.78. The Morgan fingerprint density at radius 2 is 1.45 bits per heavy atom. The van der Waals surface area contributed by atoms with E-state index in [1.807, 2.05) is 0 Å². The molecule has 0 saturated carbocycles. The molecule has 0 radical (unpaired) electrons. The van der Waals surface area contributed by atoms with Gasteiger partial charge in [0.2, 0.25) is 0 Å². The zero-order valence-electron chi connectivity index (χ0n) is 18.6. The van der Waals surface area contributed by atoms with Crippen LogP contribution < -0.4 is 18.5 Å². The highest BCUT2D eigenvalue weighted by molar-refractivity contribution is 7.92. The molecule has 10 heteroatoms. The summed E-state index contributed by atoms with van der Waals surface area (Å²) < 4.78 is 44.6. The number of sulfonamides is 1. The lowest BCUT2D eigenvalue weighted by atomic mass is 10.1. The van der Waals surface area contributed by atoms with E-state index in [0.717, 1.165) is 0 Å². The molecule has 3 aromatic carbocycles. The van der Waals surface area contributed by atoms with E-state index < -0.39 is 21.0 Å². The number of nitrogens with zero attached hydrogens (tertiary/aromatic N) is 2. The smallest absolute Gasteiger partial charge is 0.269 e. The Morgan fingerprint density at radius 1 is 0.848 bits per heavy atom. The SMILES string of the molecule is COc1ccc(N([C@H](C)c2ccc(OC)c(OC)c2)S(=O)(=O)c2ccc([N+](=O)[O-])cc2)cc1. The Bertz CT molecular complexity index is 1230. The van der Waals surface area contributed by atoms with Crippen LogP contribution in [0, 0.1) is 10.1 Å². The third-order valence-electron chi connectivity index (χ3n) is 5.17. The molecule has 0 aromatic heterocycles. The second-order valence-corrected chi connectivity index (χ2v) is 8.86. The van der Waals surface area contributed by atoms with Crippen molar-refractivity contribution in [2.75, 3.05) is 25.6 Å². The number of nitro benzene ring substituents is 1. The van der Waals surface area contributed by atoms with Crippen LogP contribution >= 0.6 is 0 Å². The van der Waals surface area contributed by atoms with Crippen LogP contribution in [0.25, 0.3) is 0 Å². The average Bonchev–Trinajstić information content (AvgIpc) is 2.83. The third kappa shape index (κ3) is 4.85. The maximum Gasteiger partial charge on any atom is 0.269 e. The van der Waals surface area contributed by atoms with Gasteiger partial charge in [-0.3, -0.25) is 14.4 Å². The predicted molar refractivity (Wildman–Crippen MR) is 124 cm³/mol. The molecule has 0 heterocycles. The Labute approximate surface area is 192 Å². The number of benzene rings is 3. The molecule has 9 nitrogen and oxygen atoms in total. The van der Waals surface area contributed by atoms with E-state index in [4.69, 9.17) is 14.2 Å². The zero-order valence-corrected chi connectivity index (χ0v) is 19.4. The standard InChI is InChI=1S/C23H24N2O7S/c1-16(17-5-14-22(31-3)23(15-17)32-4)24(18-6-10-20(30-2)11-7-18)33(28,29)21-12-8-19(9-13-21)25(26)27/h5-16H,1-4H3/t16-/m1/s1. The van der Waals surface area contributed by atoms with Crippen LogP contribution in [0.3, 0.4) is 0 Å². The molecule has 3 aromatic rings. The fourth-order valence-electron chi connectivity index (χ4n) is 3.40. The summed E-state index contributed by atoms with van der Waals surface area (Å²) in [5.41, 5.74) is 0.864. The number of methoxy groups -OCH3 is 3. The molecular formula is C23H24N2O7S. The van der Waals surface area contributed by atoms with Crippen molar-refractivity contribution < 1.29 is 27.6 Å². The molecule has 0 spiro atoms. The average molecular weight is 473 g/mol. The minimum absolute atomic E-state index is 0.0729. The van der Waals surface area contributed by atoms with Crippen LogP contribution in [-0.4, -0.2) is 34.7 Å². The van der Waals surface area contributed by atoms with Crippen molar-refractivity contribution in [3.63, 3.8) is 0 Å². The number of rotatable bonds is 9. The van der Waals surface area contributed by atoms with Crippen LogP contribution in [0.2, 0.25) is 0 Å². The van der Waals surface area contributed by atoms with E-state index in [2.05, 4.69) is 0 Å². The highest BCUT2D eigenvalue weighted by Crippen LogP contribution is 2.37. The van der Waals surface area contributed by atoms with Gasteiger partial charge in [-0.25, -0.2) is 8.42 Å². The van der Waals surface area contributed by atoms with Gasteiger partial charge in [0, 0.05) is 12.1 Å². The van der Waals surface area contributed by atoms with Crippen molar-refractivity contribution in [2.24, 2.45) is 0 Å². The number of anilines is 1. The molecule has 0 N–H and O–H groups in total. The first-order valence-electron chi connectivity index (χ1n) is 9.87. The van der Waals surface area contributed by atoms with E-state index in [-0.39, 0.29) is 10.6 Å². The van der Waals surface area contributed by atoms with Crippen molar-refractivity contribution in [2.45, 2.75) is 17.9 Å². The number of non-ortho nitro benzene ring substituents is 1. The molecule has 3 rings (SSSR count). The number of hydrogen-bond acceptors (Lipinski definition) is 7. The summed E-state index contributed by atoms with van der Waals surface area (Å²) >= 11 is 0. The summed E-state index contributed by atoms with van der Waals surface area (Å²) in [5, 5.41) is 11.0. The fraction of sp³-hybridized carbons (Fsp3) is 0.217. The van der Waals surface area contributed by atoms with Gasteiger partial charge in [0.15, 0.2) is 11.5 Å². The minimum Gasteiger partial charge on any atom is -0.497 e. The number of nitro groups is 1. The van der Waals surface area contributed by atoms with E-state index in [9.17, 15) is 18.5 Å². The molecule has 0 amide bonds. The van der Waals surface area contributed by atoms with E-state index in [0.29, 0.717) is 28.5 Å². The van der Waals surface area contributed by atoms with Gasteiger partial charge in [0.05, 0.1) is 42.9 Å². The molecular weight excluding hydrogens is 448 g/mol. The largest absolute Gasteiger partial charge is 0.497 e. The number of hydrogen-bond donors (Lipinski definition) is 0. The fourth-order valence-corrected chi connectivity index (χ4v) is 5.05. The van der Waals surface area contributed by atoms with Gasteiger partial charge in [-0.2, -0.15) is 0 Å².